The van der Waals surface area contributed by atoms with Gasteiger partial charge in [-0.2, -0.15) is 0 Å². The standard InChI is InChI=1S/C51H61N7O3/c1-5-42(52)51(60)58-20-10-13-45(58)50-54-26-44(56-50)33-17-19-38-40-23-36-21-32(16-18-37(36)30(4)41(40)28-61-46(38)24-33)43-25-53-49(55-43)34-14-15-35-27-57(6-2)47(31-11-8-7-9-12-31)48(59)39(22-34)29(35)3/h7-9,11-12,16-19,21,23-26,29-30,34-35,39,41-42,45,47,51,60H,5-6,10,13-15,20,22,27-28,52H2,1-4H3,(H,53,55)(H,54,56). The largest absolute Gasteiger partial charge is 0.492 e. The van der Waals surface area contributed by atoms with Crippen LogP contribution in [-0.4, -0.2) is 79.1 Å². The predicted octanol–water partition coefficient (Wildman–Crippen LogP) is 9.11. The number of nitrogens with two attached hydrogens (primary N) is 1. The average Bonchev–Trinajstić information content (AvgIpc) is 4.07. The first-order valence-electron chi connectivity index (χ1n) is 23.0. The number of aliphatic hydroxyl groups excluding tert-OH is 1. The molecule has 10 atom stereocenters. The van der Waals surface area contributed by atoms with Crippen LogP contribution in [0.3, 0.4) is 0 Å². The van der Waals surface area contributed by atoms with E-state index in [2.05, 4.69) is 107 Å². The van der Waals surface area contributed by atoms with Crippen molar-refractivity contribution in [2.45, 2.75) is 102 Å². The fourth-order valence-electron chi connectivity index (χ4n) is 11.6. The first-order chi connectivity index (χ1) is 29.7. The number of H-pyrrole nitrogens is 2. The lowest BCUT2D eigenvalue weighted by molar-refractivity contribution is -0.128. The Morgan fingerprint density at radius 1 is 0.918 bits per heavy atom. The Labute approximate surface area is 360 Å². The van der Waals surface area contributed by atoms with Crippen molar-refractivity contribution in [3.05, 3.63) is 113 Å². The number of carbonyl (C=O) groups is 1. The number of aromatic nitrogens is 4. The molecule has 0 amide bonds. The van der Waals surface area contributed by atoms with Crippen LogP contribution < -0.4 is 10.5 Å². The Bertz CT molecular complexity index is 2420. The van der Waals surface area contributed by atoms with Crippen molar-refractivity contribution in [3.8, 4) is 28.3 Å². The number of imidazole rings is 2. The molecule has 0 radical (unpaired) electrons. The number of likely N-dealkylation sites (N-methyl/N-ethyl adjacent to an activating group) is 1. The molecule has 3 fully saturated rings. The third-order valence-corrected chi connectivity index (χ3v) is 15.4. The number of Topliss-reactive ketones (excluding diaryl/α,β-unsaturated/α-hetero) is 1. The third-order valence-electron chi connectivity index (χ3n) is 15.4. The van der Waals surface area contributed by atoms with Gasteiger partial charge in [-0.05, 0) is 97.2 Å². The Kier molecular flexibility index (Phi) is 10.8. The molecular weight excluding hydrogens is 759 g/mol. The van der Waals surface area contributed by atoms with Crippen LogP contribution in [-0.2, 0) is 4.79 Å². The average molecular weight is 820 g/mol. The summed E-state index contributed by atoms with van der Waals surface area (Å²) >= 11 is 0. The van der Waals surface area contributed by atoms with Gasteiger partial charge in [0.1, 0.15) is 23.6 Å². The summed E-state index contributed by atoms with van der Waals surface area (Å²) in [7, 11) is 0. The minimum absolute atomic E-state index is 0.00104. The van der Waals surface area contributed by atoms with Gasteiger partial charge in [-0.25, -0.2) is 9.97 Å². The molecule has 1 saturated carbocycles. The molecule has 5 heterocycles. The molecule has 61 heavy (non-hydrogen) atoms. The van der Waals surface area contributed by atoms with E-state index in [4.69, 9.17) is 20.4 Å². The van der Waals surface area contributed by atoms with Crippen molar-refractivity contribution in [2.75, 3.05) is 26.2 Å². The van der Waals surface area contributed by atoms with Gasteiger partial charge in [-0.15, -0.1) is 0 Å². The SMILES string of the molecule is CCC(N)C(O)N1CCCC1c1ncc(-c2ccc3c(c2)OCC2C3=Cc3cc(-c4cnc(C5CCC6CN(CC)C(c7ccccc7)C(=O)C(C5)C6C)[nH]4)ccc3C2C)[nH]1. The molecule has 5 N–H and O–H groups in total. The number of carbonyl (C=O) groups excluding carboxylic acids is 1. The van der Waals surface area contributed by atoms with Crippen LogP contribution >= 0.6 is 0 Å². The zero-order valence-corrected chi connectivity index (χ0v) is 36.1. The number of nitrogens with zero attached hydrogens (tertiary/aromatic N) is 4. The molecule has 2 aromatic heterocycles. The summed E-state index contributed by atoms with van der Waals surface area (Å²) in [5.41, 5.74) is 16.5. The minimum atomic E-state index is -0.685. The number of likely N-dealkylation sites (tertiary alicyclic amines) is 2. The first-order valence-corrected chi connectivity index (χ1v) is 23.0. The molecule has 3 aliphatic heterocycles. The smallest absolute Gasteiger partial charge is 0.157 e. The van der Waals surface area contributed by atoms with Gasteiger partial charge < -0.3 is 25.5 Å². The Morgan fingerprint density at radius 3 is 2.46 bits per heavy atom. The van der Waals surface area contributed by atoms with Gasteiger partial charge in [0.15, 0.2) is 5.78 Å². The van der Waals surface area contributed by atoms with E-state index in [0.29, 0.717) is 30.1 Å². The molecule has 3 aromatic carbocycles. The summed E-state index contributed by atoms with van der Waals surface area (Å²) < 4.78 is 6.52. The van der Waals surface area contributed by atoms with E-state index < -0.39 is 6.23 Å². The summed E-state index contributed by atoms with van der Waals surface area (Å²) in [6.07, 6.45) is 11.2. The van der Waals surface area contributed by atoms with Crippen LogP contribution in [0.15, 0.2) is 79.1 Å². The van der Waals surface area contributed by atoms with E-state index in [-0.39, 0.29) is 35.9 Å². The Morgan fingerprint density at radius 2 is 1.67 bits per heavy atom. The second-order valence-corrected chi connectivity index (χ2v) is 18.6. The number of rotatable bonds is 9. The third kappa shape index (κ3) is 7.19. The number of fused-ring (bicyclic) bond motifs is 6. The zero-order chi connectivity index (χ0) is 41.9. The normalized spacial score (nSPS) is 28.8. The van der Waals surface area contributed by atoms with Gasteiger partial charge in [-0.1, -0.05) is 88.4 Å². The number of aliphatic hydroxyl groups is 1. The van der Waals surface area contributed by atoms with Crippen molar-refractivity contribution in [1.29, 1.82) is 0 Å². The van der Waals surface area contributed by atoms with E-state index in [1.807, 2.05) is 25.4 Å². The molecular formula is C51H61N7O3. The van der Waals surface area contributed by atoms with Gasteiger partial charge in [0.2, 0.25) is 0 Å². The first kappa shape index (κ1) is 40.2. The van der Waals surface area contributed by atoms with E-state index in [1.165, 1.54) is 16.7 Å². The summed E-state index contributed by atoms with van der Waals surface area (Å²) in [6.45, 7) is 12.1. The number of ether oxygens (including phenoxy) is 1. The van der Waals surface area contributed by atoms with Crippen molar-refractivity contribution in [1.82, 2.24) is 29.7 Å². The van der Waals surface area contributed by atoms with Crippen molar-refractivity contribution in [2.24, 2.45) is 29.4 Å². The van der Waals surface area contributed by atoms with Gasteiger partial charge >= 0.3 is 0 Å². The number of hydrogen-bond acceptors (Lipinski definition) is 8. The highest BCUT2D eigenvalue weighted by Crippen LogP contribution is 2.50. The van der Waals surface area contributed by atoms with Crippen LogP contribution in [0.25, 0.3) is 34.2 Å². The number of aromatic amines is 2. The van der Waals surface area contributed by atoms with Gasteiger partial charge in [0.25, 0.3) is 0 Å². The zero-order valence-electron chi connectivity index (χ0n) is 36.1. The molecule has 10 unspecified atom stereocenters. The fourth-order valence-corrected chi connectivity index (χ4v) is 11.6. The number of benzene rings is 3. The lowest BCUT2D eigenvalue weighted by Crippen LogP contribution is -2.47. The van der Waals surface area contributed by atoms with E-state index in [9.17, 15) is 9.90 Å². The van der Waals surface area contributed by atoms with Crippen LogP contribution in [0.1, 0.15) is 124 Å². The Hall–Kier alpha value is -4.87. The molecule has 318 valence electrons. The monoisotopic (exact) mass is 819 g/mol. The molecule has 10 heteroatoms. The van der Waals surface area contributed by atoms with E-state index >= 15 is 0 Å². The predicted molar refractivity (Wildman–Crippen MR) is 240 cm³/mol. The van der Waals surface area contributed by atoms with Gasteiger partial charge in [-0.3, -0.25) is 14.6 Å². The molecule has 5 aromatic rings. The maximum absolute atomic E-state index is 14.5. The summed E-state index contributed by atoms with van der Waals surface area (Å²) in [4.78, 5) is 36.2. The van der Waals surface area contributed by atoms with Crippen LogP contribution in [0.5, 0.6) is 5.75 Å². The number of ketones is 1. The second kappa shape index (κ2) is 16.4. The molecule has 10 rings (SSSR count). The van der Waals surface area contributed by atoms with Crippen molar-refractivity contribution in [3.63, 3.8) is 0 Å². The fraction of sp³-hybridized carbons (Fsp3) is 0.471. The maximum atomic E-state index is 14.5. The summed E-state index contributed by atoms with van der Waals surface area (Å²) in [5, 5.41) is 10.9. The minimum Gasteiger partial charge on any atom is -0.492 e. The highest BCUT2D eigenvalue weighted by Gasteiger charge is 2.45. The highest BCUT2D eigenvalue weighted by molar-refractivity contribution is 5.91. The van der Waals surface area contributed by atoms with Gasteiger partial charge in [0, 0.05) is 53.6 Å². The Balaban J connectivity index is 0.888. The summed E-state index contributed by atoms with van der Waals surface area (Å²) in [5.74, 6) is 4.74. The molecule has 0 spiro atoms. The molecule has 2 saturated heterocycles. The summed E-state index contributed by atoms with van der Waals surface area (Å²) in [6, 6.07) is 23.3. The van der Waals surface area contributed by atoms with E-state index in [0.717, 1.165) is 109 Å². The number of hydrogen-bond donors (Lipinski definition) is 4. The maximum Gasteiger partial charge on any atom is 0.157 e. The quantitative estimate of drug-likeness (QED) is 0.116. The molecule has 2 bridgehead atoms. The van der Waals surface area contributed by atoms with Crippen molar-refractivity contribution >= 4 is 17.4 Å². The van der Waals surface area contributed by atoms with Crippen LogP contribution in [0.2, 0.25) is 0 Å². The second-order valence-electron chi connectivity index (χ2n) is 18.6. The topological polar surface area (TPSA) is 136 Å². The number of nitrogens with one attached hydrogen (secondary N) is 2. The van der Waals surface area contributed by atoms with Crippen LogP contribution in [0.4, 0.5) is 0 Å². The van der Waals surface area contributed by atoms with Crippen molar-refractivity contribution < 1.29 is 14.6 Å². The lowest BCUT2D eigenvalue weighted by Gasteiger charge is -2.36. The molecule has 2 aliphatic carbocycles. The highest BCUT2D eigenvalue weighted by atomic mass is 16.5. The molecule has 5 aliphatic rings. The van der Waals surface area contributed by atoms with Gasteiger partial charge in [0.05, 0.1) is 42.5 Å². The lowest BCUT2D eigenvalue weighted by atomic mass is 9.72. The molecule has 10 nitrogen and oxygen atoms in total. The van der Waals surface area contributed by atoms with Crippen LogP contribution in [0, 0.1) is 23.7 Å². The van der Waals surface area contributed by atoms with E-state index in [1.54, 1.807) is 0 Å².